The van der Waals surface area contributed by atoms with Gasteiger partial charge in [0.25, 0.3) is 0 Å². The van der Waals surface area contributed by atoms with Crippen LogP contribution >= 0.6 is 11.6 Å². The molecule has 2 N–H and O–H groups in total. The van der Waals surface area contributed by atoms with Gasteiger partial charge in [0.05, 0.1) is 13.0 Å². The minimum Gasteiger partial charge on any atom is -0.508 e. The van der Waals surface area contributed by atoms with Crippen LogP contribution in [0.25, 0.3) is 0 Å². The van der Waals surface area contributed by atoms with Crippen molar-refractivity contribution < 1.29 is 19.7 Å². The zero-order valence-electron chi connectivity index (χ0n) is 7.45. The van der Waals surface area contributed by atoms with Gasteiger partial charge in [-0.05, 0) is 0 Å². The number of halogens is 1. The molecule has 1 rings (SSSR count). The van der Waals surface area contributed by atoms with E-state index in [1.54, 1.807) is 0 Å². The minimum atomic E-state index is -0.457. The van der Waals surface area contributed by atoms with Gasteiger partial charge < -0.3 is 14.9 Å². The Balaban J connectivity index is 3.32. The summed E-state index contributed by atoms with van der Waals surface area (Å²) in [6.07, 6.45) is 0. The van der Waals surface area contributed by atoms with E-state index in [0.717, 1.165) is 6.07 Å². The zero-order valence-corrected chi connectivity index (χ0v) is 8.21. The summed E-state index contributed by atoms with van der Waals surface area (Å²) in [4.78, 5) is 11.3. The van der Waals surface area contributed by atoms with E-state index >= 15 is 0 Å². The highest BCUT2D eigenvalue weighted by molar-refractivity contribution is 6.31. The first-order chi connectivity index (χ1) is 6.60. The number of ketones is 1. The molecule has 4 nitrogen and oxygen atoms in total. The number of carbonyl (C=O) groups excluding carboxylic acids is 1. The first-order valence-corrected chi connectivity index (χ1v) is 4.32. The van der Waals surface area contributed by atoms with Gasteiger partial charge in [-0.25, -0.2) is 0 Å². The van der Waals surface area contributed by atoms with Crippen molar-refractivity contribution in [2.24, 2.45) is 0 Å². The Morgan fingerprint density at radius 1 is 1.50 bits per heavy atom. The van der Waals surface area contributed by atoms with Gasteiger partial charge in [-0.2, -0.15) is 0 Å². The van der Waals surface area contributed by atoms with Crippen LogP contribution < -0.4 is 4.74 Å². The summed E-state index contributed by atoms with van der Waals surface area (Å²) in [7, 11) is 1.33. The van der Waals surface area contributed by atoms with Crippen molar-refractivity contribution in [3.05, 3.63) is 17.7 Å². The number of alkyl halides is 1. The Kier molecular flexibility index (Phi) is 3.19. The van der Waals surface area contributed by atoms with Gasteiger partial charge in [-0.1, -0.05) is 0 Å². The van der Waals surface area contributed by atoms with Crippen molar-refractivity contribution in [3.8, 4) is 17.2 Å². The molecule has 0 aromatic heterocycles. The van der Waals surface area contributed by atoms with Gasteiger partial charge in [0.15, 0.2) is 5.78 Å². The largest absolute Gasteiger partial charge is 0.508 e. The fourth-order valence-corrected chi connectivity index (χ4v) is 1.23. The Bertz CT molecular complexity index is 362. The standard InChI is InChI=1S/C9H9ClO4/c1-14-8-3-5(11)2-6(12)9(8)7(13)4-10/h2-3,11-12H,4H2,1H3. The number of methoxy groups -OCH3 is 1. The lowest BCUT2D eigenvalue weighted by Crippen LogP contribution is -2.03. The molecule has 0 bridgehead atoms. The second kappa shape index (κ2) is 4.19. The fourth-order valence-electron chi connectivity index (χ4n) is 1.09. The van der Waals surface area contributed by atoms with Crippen molar-refractivity contribution in [2.75, 3.05) is 13.0 Å². The summed E-state index contributed by atoms with van der Waals surface area (Å²) in [5, 5.41) is 18.5. The van der Waals surface area contributed by atoms with Crippen molar-refractivity contribution in [3.63, 3.8) is 0 Å². The molecule has 0 amide bonds. The predicted molar refractivity (Wildman–Crippen MR) is 51.4 cm³/mol. The molecule has 0 fully saturated rings. The summed E-state index contributed by atoms with van der Waals surface area (Å²) in [6.45, 7) is 0. The highest BCUT2D eigenvalue weighted by atomic mass is 35.5. The molecule has 14 heavy (non-hydrogen) atoms. The molecule has 1 aromatic rings. The number of phenols is 2. The third-order valence-electron chi connectivity index (χ3n) is 1.69. The molecule has 0 radical (unpaired) electrons. The number of carbonyl (C=O) groups is 1. The van der Waals surface area contributed by atoms with Crippen molar-refractivity contribution >= 4 is 17.4 Å². The monoisotopic (exact) mass is 216 g/mol. The number of rotatable bonds is 3. The highest BCUT2D eigenvalue weighted by Crippen LogP contribution is 2.33. The first kappa shape index (κ1) is 10.7. The van der Waals surface area contributed by atoms with Crippen LogP contribution in [-0.4, -0.2) is 29.0 Å². The van der Waals surface area contributed by atoms with Crippen molar-refractivity contribution in [1.82, 2.24) is 0 Å². The van der Waals surface area contributed by atoms with E-state index in [2.05, 4.69) is 0 Å². The average Bonchev–Trinajstić information content (AvgIpc) is 2.15. The molecule has 5 heteroatoms. The maximum absolute atomic E-state index is 11.3. The van der Waals surface area contributed by atoms with E-state index in [-0.39, 0.29) is 28.7 Å². The number of hydrogen-bond acceptors (Lipinski definition) is 4. The van der Waals surface area contributed by atoms with E-state index in [9.17, 15) is 9.90 Å². The molecule has 0 saturated heterocycles. The van der Waals surface area contributed by atoms with Gasteiger partial charge in [-0.15, -0.1) is 11.6 Å². The molecular weight excluding hydrogens is 208 g/mol. The van der Waals surface area contributed by atoms with E-state index in [0.29, 0.717) is 0 Å². The lowest BCUT2D eigenvalue weighted by atomic mass is 10.1. The third-order valence-corrected chi connectivity index (χ3v) is 1.93. The maximum Gasteiger partial charge on any atom is 0.185 e. The van der Waals surface area contributed by atoms with Crippen LogP contribution in [0.3, 0.4) is 0 Å². The van der Waals surface area contributed by atoms with E-state index in [1.165, 1.54) is 13.2 Å². The summed E-state index contributed by atoms with van der Waals surface area (Å²) in [6, 6.07) is 2.29. The van der Waals surface area contributed by atoms with Crippen LogP contribution in [0, 0.1) is 0 Å². The van der Waals surface area contributed by atoms with Crippen LogP contribution in [0.4, 0.5) is 0 Å². The number of aromatic hydroxyl groups is 2. The molecule has 0 aliphatic heterocycles. The van der Waals surface area contributed by atoms with E-state index in [1.807, 2.05) is 0 Å². The van der Waals surface area contributed by atoms with Crippen LogP contribution in [0.15, 0.2) is 12.1 Å². The summed E-state index contributed by atoms with van der Waals surface area (Å²) >= 11 is 5.35. The summed E-state index contributed by atoms with van der Waals surface area (Å²) in [5.74, 6) is -1.12. The second-order valence-corrected chi connectivity index (χ2v) is 2.87. The molecule has 0 aliphatic rings. The first-order valence-electron chi connectivity index (χ1n) is 3.79. The molecule has 0 aliphatic carbocycles. The molecule has 0 heterocycles. The zero-order chi connectivity index (χ0) is 10.7. The molecule has 0 saturated carbocycles. The average molecular weight is 217 g/mol. The number of phenolic OH excluding ortho intramolecular Hbond substituents is 2. The maximum atomic E-state index is 11.3. The lowest BCUT2D eigenvalue weighted by Gasteiger charge is -2.08. The van der Waals surface area contributed by atoms with Gasteiger partial charge in [0, 0.05) is 12.1 Å². The SMILES string of the molecule is COc1cc(O)cc(O)c1C(=O)CCl. The highest BCUT2D eigenvalue weighted by Gasteiger charge is 2.17. The van der Waals surface area contributed by atoms with Crippen LogP contribution in [0.1, 0.15) is 10.4 Å². The van der Waals surface area contributed by atoms with Gasteiger partial charge >= 0.3 is 0 Å². The smallest absolute Gasteiger partial charge is 0.185 e. The summed E-state index contributed by atoms with van der Waals surface area (Å²) in [5.41, 5.74) is -0.0136. The van der Waals surface area contributed by atoms with E-state index in [4.69, 9.17) is 21.4 Å². The molecule has 0 unspecified atom stereocenters. The topological polar surface area (TPSA) is 66.8 Å². The van der Waals surface area contributed by atoms with Crippen LogP contribution in [-0.2, 0) is 0 Å². The molecule has 76 valence electrons. The normalized spacial score (nSPS) is 9.86. The van der Waals surface area contributed by atoms with Crippen LogP contribution in [0.5, 0.6) is 17.2 Å². The Morgan fingerprint density at radius 2 is 2.14 bits per heavy atom. The lowest BCUT2D eigenvalue weighted by molar-refractivity contribution is 0.101. The quantitative estimate of drug-likeness (QED) is 0.594. The van der Waals surface area contributed by atoms with Gasteiger partial charge in [0.1, 0.15) is 22.8 Å². The molecule has 0 atom stereocenters. The minimum absolute atomic E-state index is 0.0136. The van der Waals surface area contributed by atoms with Gasteiger partial charge in [0.2, 0.25) is 0 Å². The number of Topliss-reactive ketones (excluding diaryl/α,β-unsaturated/α-hetero) is 1. The predicted octanol–water partition coefficient (Wildman–Crippen LogP) is 1.53. The van der Waals surface area contributed by atoms with Crippen molar-refractivity contribution in [1.29, 1.82) is 0 Å². The molecule has 0 spiro atoms. The van der Waals surface area contributed by atoms with Crippen LogP contribution in [0.2, 0.25) is 0 Å². The molecule has 1 aromatic carbocycles. The second-order valence-electron chi connectivity index (χ2n) is 2.60. The Labute approximate surface area is 85.7 Å². The van der Waals surface area contributed by atoms with Gasteiger partial charge in [-0.3, -0.25) is 4.79 Å². The molecular formula is C9H9ClO4. The Morgan fingerprint density at radius 3 is 2.64 bits per heavy atom. The fraction of sp³-hybridized carbons (Fsp3) is 0.222. The number of benzene rings is 1. The number of ether oxygens (including phenoxy) is 1. The summed E-state index contributed by atoms with van der Waals surface area (Å²) < 4.78 is 4.83. The number of hydrogen-bond donors (Lipinski definition) is 2. The Hall–Kier alpha value is -1.42. The third kappa shape index (κ3) is 1.90. The van der Waals surface area contributed by atoms with Crippen molar-refractivity contribution in [2.45, 2.75) is 0 Å². The van der Waals surface area contributed by atoms with E-state index < -0.39 is 5.78 Å².